The van der Waals surface area contributed by atoms with Gasteiger partial charge in [0, 0.05) is 77.3 Å². The maximum Gasteiger partial charge on any atom is 0.294 e. The number of likely N-dealkylation sites (tertiary alicyclic amines) is 1. The molecule has 0 radical (unpaired) electrons. The first-order chi connectivity index (χ1) is 30.6. The molecule has 16 nitrogen and oxygen atoms in total. The molecule has 18 heteroatoms. The largest absolute Gasteiger partial charge is 0.394 e. The van der Waals surface area contributed by atoms with E-state index in [1.807, 2.05) is 58.1 Å². The van der Waals surface area contributed by atoms with Crippen LogP contribution >= 0.6 is 11.6 Å². The summed E-state index contributed by atoms with van der Waals surface area (Å²) in [6.45, 7) is 7.24. The summed E-state index contributed by atoms with van der Waals surface area (Å²) < 4.78 is 35.5. The first-order valence-corrected chi connectivity index (χ1v) is 23.6. The molecule has 3 heterocycles. The molecule has 0 spiro atoms. The number of rotatable bonds is 17. The fraction of sp³-hybridized carbons (Fsp3) is 0.468. The second-order valence-electron chi connectivity index (χ2n) is 18.0. The second kappa shape index (κ2) is 19.9. The van der Waals surface area contributed by atoms with Crippen LogP contribution in [0.4, 0.5) is 11.4 Å². The Bertz CT molecular complexity index is 2510. The Morgan fingerprint density at radius 3 is 2.25 bits per heavy atom. The zero-order chi connectivity index (χ0) is 47.6. The highest BCUT2D eigenvalue weighted by Gasteiger charge is 2.45. The third-order valence-corrected chi connectivity index (χ3v) is 14.1. The molecule has 1 fully saturated rings. The van der Waals surface area contributed by atoms with E-state index in [-0.39, 0.29) is 29.7 Å². The fourth-order valence-electron chi connectivity index (χ4n) is 8.81. The van der Waals surface area contributed by atoms with Gasteiger partial charge in [-0.15, -0.1) is 0 Å². The summed E-state index contributed by atoms with van der Waals surface area (Å²) in [7, 11) is -4.38. The Kier molecular flexibility index (Phi) is 15.2. The normalized spacial score (nSPS) is 21.2. The molecule has 1 saturated heterocycles. The van der Waals surface area contributed by atoms with E-state index in [1.54, 1.807) is 18.2 Å². The van der Waals surface area contributed by atoms with E-state index in [2.05, 4.69) is 15.2 Å². The smallest absolute Gasteiger partial charge is 0.294 e. The van der Waals surface area contributed by atoms with Crippen molar-refractivity contribution in [1.29, 1.82) is 0 Å². The maximum atomic E-state index is 13.4. The number of imide groups is 3. The van der Waals surface area contributed by atoms with Crippen LogP contribution in [0.2, 0.25) is 0 Å². The van der Waals surface area contributed by atoms with Gasteiger partial charge in [-0.3, -0.25) is 23.7 Å². The topological polar surface area (TPSA) is 254 Å². The van der Waals surface area contributed by atoms with Gasteiger partial charge < -0.3 is 36.2 Å². The maximum absolute atomic E-state index is 13.4. The third-order valence-electron chi connectivity index (χ3n) is 12.8. The Balaban J connectivity index is 1.24. The predicted molar refractivity (Wildman–Crippen MR) is 242 cm³/mol. The van der Waals surface area contributed by atoms with Crippen LogP contribution < -0.4 is 10.6 Å². The Morgan fingerprint density at radius 2 is 1.57 bits per heavy atom. The molecule has 6 rings (SSSR count). The van der Waals surface area contributed by atoms with Gasteiger partial charge in [-0.2, -0.15) is 13.0 Å². The van der Waals surface area contributed by atoms with E-state index in [0.717, 1.165) is 62.8 Å². The van der Waals surface area contributed by atoms with E-state index in [4.69, 9.17) is 16.7 Å². The average molecular weight is 939 g/mol. The van der Waals surface area contributed by atoms with E-state index in [1.165, 1.54) is 12.1 Å². The monoisotopic (exact) mass is 937 g/mol. The standard InChI is InChI=1S/C47H57ClN4O12S/c1-46(2)31-24-30(65(62,63)64)15-16-33(31)50-37(46)18-13-27-9-8-10-28(42(27)48)14-19-38-47(3,4)32-23-29(45(61)49-25-35(54)43(59)44(60)36(55)26-53)12-17-34(32)51(38)22-7-5-6-11-39(56)52-40(57)20-21-41(52)58/h12-19,23-24,35-36,43-44,53-55,59-60H,5-11,20-22,25-26H2,1-4H3,(H2,49,61,62,63,64)/p+1. The first kappa shape index (κ1) is 49.6. The summed E-state index contributed by atoms with van der Waals surface area (Å²) in [6.07, 6.45) is 5.13. The molecule has 3 aliphatic heterocycles. The number of nitrogens with zero attached hydrogens (tertiary/aromatic N) is 2. The quantitative estimate of drug-likeness (QED) is 0.0481. The minimum atomic E-state index is -4.38. The summed E-state index contributed by atoms with van der Waals surface area (Å²) in [5.74, 6) is -1.98. The van der Waals surface area contributed by atoms with Crippen molar-refractivity contribution in [3.8, 4) is 0 Å². The molecule has 8 N–H and O–H groups in total. The van der Waals surface area contributed by atoms with Gasteiger partial charge >= 0.3 is 0 Å². The number of unbranched alkanes of at least 4 members (excludes halogenated alkanes) is 2. The van der Waals surface area contributed by atoms with Crippen molar-refractivity contribution in [2.75, 3.05) is 25.0 Å². The number of nitrogens with one attached hydrogen (secondary N) is 2. The number of fused-ring (bicyclic) bond motifs is 2. The molecule has 4 unspecified atom stereocenters. The van der Waals surface area contributed by atoms with Gasteiger partial charge in [-0.1, -0.05) is 37.6 Å². The summed E-state index contributed by atoms with van der Waals surface area (Å²) in [6, 6.07) is 9.69. The number of amides is 4. The van der Waals surface area contributed by atoms with Crippen LogP contribution in [-0.2, 0) is 35.3 Å². The SMILES string of the molecule is CC1(C)C(/C=C/C2=C(Cl)C(=C/C=C3/Nc4ccc(S(=O)(=O)O)cc4C3(C)C)/CCC2)=[N+](CCCCCC(=O)N2C(=O)CCC2=O)c2ccc(C(=O)NCC(O)C(O)C(O)C(O)CO)cc21. The van der Waals surface area contributed by atoms with Crippen LogP contribution in [0.3, 0.4) is 0 Å². The molecule has 0 bridgehead atoms. The number of halogens is 1. The van der Waals surface area contributed by atoms with Crippen molar-refractivity contribution < 1.29 is 62.3 Å². The van der Waals surface area contributed by atoms with Crippen molar-refractivity contribution in [2.24, 2.45) is 0 Å². The fourth-order valence-corrected chi connectivity index (χ4v) is 9.63. The van der Waals surface area contributed by atoms with E-state index in [9.17, 15) is 52.6 Å². The lowest BCUT2D eigenvalue weighted by Crippen LogP contribution is -2.49. The highest BCUT2D eigenvalue weighted by Crippen LogP contribution is 2.45. The summed E-state index contributed by atoms with van der Waals surface area (Å²) in [5, 5.41) is 55.9. The van der Waals surface area contributed by atoms with Gasteiger partial charge in [0.25, 0.3) is 16.0 Å². The zero-order valence-electron chi connectivity index (χ0n) is 36.9. The predicted octanol–water partition coefficient (Wildman–Crippen LogP) is 4.16. The lowest BCUT2D eigenvalue weighted by atomic mass is 9.80. The Labute approximate surface area is 383 Å². The molecule has 0 aromatic heterocycles. The molecule has 4 amide bonds. The lowest BCUT2D eigenvalue weighted by Gasteiger charge is -2.25. The van der Waals surface area contributed by atoms with Crippen LogP contribution in [-0.4, -0.2) is 121 Å². The van der Waals surface area contributed by atoms with Crippen LogP contribution in [0.25, 0.3) is 0 Å². The lowest BCUT2D eigenvalue weighted by molar-refractivity contribution is -0.438. The van der Waals surface area contributed by atoms with Gasteiger partial charge in [0.1, 0.15) is 24.9 Å². The Hall–Kier alpha value is -4.85. The summed E-state index contributed by atoms with van der Waals surface area (Å²) in [5.41, 5.74) is 5.77. The van der Waals surface area contributed by atoms with Crippen LogP contribution in [0.1, 0.15) is 107 Å². The minimum absolute atomic E-state index is 0.0449. The number of carbonyl (C=O) groups excluding carboxylic acids is 4. The molecule has 2 aromatic rings. The highest BCUT2D eigenvalue weighted by atomic mass is 35.5. The number of aliphatic hydroxyl groups excluding tert-OH is 5. The van der Waals surface area contributed by atoms with Crippen molar-refractivity contribution >= 4 is 62.4 Å². The molecule has 4 atom stereocenters. The van der Waals surface area contributed by atoms with Crippen molar-refractivity contribution in [2.45, 2.75) is 126 Å². The van der Waals surface area contributed by atoms with Gasteiger partial charge in [-0.25, -0.2) is 4.90 Å². The third kappa shape index (κ3) is 10.6. The number of aliphatic hydroxyl groups is 5. The van der Waals surface area contributed by atoms with Crippen molar-refractivity contribution in [1.82, 2.24) is 10.2 Å². The highest BCUT2D eigenvalue weighted by molar-refractivity contribution is 7.85. The molecule has 4 aliphatic rings. The number of benzene rings is 2. The van der Waals surface area contributed by atoms with E-state index >= 15 is 0 Å². The van der Waals surface area contributed by atoms with E-state index < -0.39 is 82.1 Å². The van der Waals surface area contributed by atoms with Crippen LogP contribution in [0, 0.1) is 0 Å². The number of anilines is 1. The molecule has 2 aromatic carbocycles. The minimum Gasteiger partial charge on any atom is -0.394 e. The van der Waals surface area contributed by atoms with Gasteiger partial charge in [0.2, 0.25) is 23.4 Å². The molecule has 65 heavy (non-hydrogen) atoms. The summed E-state index contributed by atoms with van der Waals surface area (Å²) >= 11 is 7.13. The first-order valence-electron chi connectivity index (χ1n) is 21.7. The number of allylic oxidation sites excluding steroid dienone is 8. The van der Waals surface area contributed by atoms with Crippen LogP contribution in [0.5, 0.6) is 0 Å². The second-order valence-corrected chi connectivity index (χ2v) is 19.8. The molecule has 0 saturated carbocycles. The molecule has 1 aliphatic carbocycles. The Morgan fingerprint density at radius 1 is 0.877 bits per heavy atom. The number of hydrogen-bond acceptors (Lipinski definition) is 12. The van der Waals surface area contributed by atoms with Crippen molar-refractivity contribution in [3.05, 3.63) is 99.3 Å². The summed E-state index contributed by atoms with van der Waals surface area (Å²) in [4.78, 5) is 50.8. The average Bonchev–Trinajstić information content (AvgIpc) is 3.82. The van der Waals surface area contributed by atoms with E-state index in [0.29, 0.717) is 37.3 Å². The van der Waals surface area contributed by atoms with Crippen LogP contribution in [0.15, 0.2) is 87.5 Å². The molecular formula is C47H58ClN4O12S+. The molecular weight excluding hydrogens is 880 g/mol. The van der Waals surface area contributed by atoms with Gasteiger partial charge in [-0.05, 0) is 99.1 Å². The van der Waals surface area contributed by atoms with Gasteiger partial charge in [0.05, 0.1) is 23.0 Å². The van der Waals surface area contributed by atoms with Crippen molar-refractivity contribution in [3.63, 3.8) is 0 Å². The number of hydrogen-bond donors (Lipinski definition) is 8. The van der Waals surface area contributed by atoms with Gasteiger partial charge in [0.15, 0.2) is 5.71 Å². The zero-order valence-corrected chi connectivity index (χ0v) is 38.5. The molecule has 350 valence electrons. The number of carbonyl (C=O) groups is 4.